The van der Waals surface area contributed by atoms with Crippen molar-refractivity contribution in [2.45, 2.75) is 6.92 Å². The minimum Gasteiger partial charge on any atom is -0.737 e. The summed E-state index contributed by atoms with van der Waals surface area (Å²) in [6, 6.07) is 9.64. The third-order valence-electron chi connectivity index (χ3n) is 1.50. The molecule has 1 aromatic rings. The summed E-state index contributed by atoms with van der Waals surface area (Å²) in [6.07, 6.45) is 1.79. The fraction of sp³-hybridized carbons (Fsp3) is 0.100. The molecule has 0 aliphatic rings. The van der Waals surface area contributed by atoms with Gasteiger partial charge in [-0.1, -0.05) is 36.4 Å². The van der Waals surface area contributed by atoms with Crippen molar-refractivity contribution in [3.05, 3.63) is 41.5 Å². The van der Waals surface area contributed by atoms with Gasteiger partial charge in [0.15, 0.2) is 0 Å². The Bertz CT molecular complexity index is 301. The van der Waals surface area contributed by atoms with E-state index in [0.29, 0.717) is 5.57 Å². The Balaban J connectivity index is 2.89. The second-order valence-electron chi connectivity index (χ2n) is 2.53. The fourth-order valence-corrected chi connectivity index (χ4v) is 0.917. The van der Waals surface area contributed by atoms with E-state index < -0.39 is 0 Å². The smallest absolute Gasteiger partial charge is 0.0378 e. The Hall–Kier alpha value is -1.15. The molecule has 0 saturated heterocycles. The highest BCUT2D eigenvalue weighted by Gasteiger charge is 1.88. The highest BCUT2D eigenvalue weighted by atomic mass is 32.1. The van der Waals surface area contributed by atoms with E-state index in [1.165, 1.54) is 0 Å². The Kier molecular flexibility index (Phi) is 3.00. The Morgan fingerprint density at radius 3 is 2.42 bits per heavy atom. The monoisotopic (exact) mass is 177 g/mol. The van der Waals surface area contributed by atoms with Gasteiger partial charge in [-0.25, -0.2) is 0 Å². The van der Waals surface area contributed by atoms with E-state index in [9.17, 15) is 4.79 Å². The van der Waals surface area contributed by atoms with Crippen molar-refractivity contribution >= 4 is 23.8 Å². The molecule has 1 rings (SSSR count). The van der Waals surface area contributed by atoms with Crippen molar-refractivity contribution in [3.63, 3.8) is 0 Å². The third-order valence-corrected chi connectivity index (χ3v) is 1.83. The van der Waals surface area contributed by atoms with Crippen LogP contribution in [0.3, 0.4) is 0 Å². The SMILES string of the molecule is C/C(=C\c1ccccc1)C(=O)[S-]. The summed E-state index contributed by atoms with van der Waals surface area (Å²) in [4.78, 5) is 10.7. The first kappa shape index (κ1) is 8.94. The van der Waals surface area contributed by atoms with Crippen LogP contribution in [0.4, 0.5) is 0 Å². The largest absolute Gasteiger partial charge is 0.737 e. The predicted molar refractivity (Wildman–Crippen MR) is 52.5 cm³/mol. The quantitative estimate of drug-likeness (QED) is 0.508. The first-order valence-electron chi connectivity index (χ1n) is 3.65. The van der Waals surface area contributed by atoms with Crippen molar-refractivity contribution in [2.24, 2.45) is 0 Å². The zero-order chi connectivity index (χ0) is 8.97. The van der Waals surface area contributed by atoms with E-state index in [-0.39, 0.29) is 5.12 Å². The second-order valence-corrected chi connectivity index (χ2v) is 2.90. The molecule has 0 aliphatic carbocycles. The lowest BCUT2D eigenvalue weighted by Crippen LogP contribution is -1.91. The molecule has 12 heavy (non-hydrogen) atoms. The van der Waals surface area contributed by atoms with Crippen LogP contribution in [0.25, 0.3) is 6.08 Å². The molecule has 0 bridgehead atoms. The van der Waals surface area contributed by atoms with Crippen LogP contribution in [0.5, 0.6) is 0 Å². The average molecular weight is 177 g/mol. The van der Waals surface area contributed by atoms with E-state index in [2.05, 4.69) is 12.6 Å². The summed E-state index contributed by atoms with van der Waals surface area (Å²) in [5.74, 6) is 0. The Morgan fingerprint density at radius 1 is 1.33 bits per heavy atom. The van der Waals surface area contributed by atoms with Gasteiger partial charge in [-0.15, -0.1) is 0 Å². The van der Waals surface area contributed by atoms with Gasteiger partial charge in [0.2, 0.25) is 0 Å². The lowest BCUT2D eigenvalue weighted by molar-refractivity contribution is -0.107. The number of carbonyl (C=O) groups excluding carboxylic acids is 1. The number of rotatable bonds is 2. The topological polar surface area (TPSA) is 17.1 Å². The molecule has 62 valence electrons. The number of benzene rings is 1. The molecular formula is C10H9OS-. The number of hydrogen-bond donors (Lipinski definition) is 0. The molecule has 0 heterocycles. The molecule has 0 aromatic heterocycles. The average Bonchev–Trinajstić information content (AvgIpc) is 2.06. The van der Waals surface area contributed by atoms with Gasteiger partial charge >= 0.3 is 0 Å². The van der Waals surface area contributed by atoms with Gasteiger partial charge in [0.05, 0.1) is 0 Å². The first-order valence-corrected chi connectivity index (χ1v) is 4.05. The third kappa shape index (κ3) is 2.47. The minimum atomic E-state index is -0.293. The molecule has 0 atom stereocenters. The van der Waals surface area contributed by atoms with Crippen LogP contribution in [0, 0.1) is 0 Å². The first-order chi connectivity index (χ1) is 5.70. The lowest BCUT2D eigenvalue weighted by Gasteiger charge is -2.02. The molecule has 0 amide bonds. The molecule has 1 nitrogen and oxygen atoms in total. The van der Waals surface area contributed by atoms with Gasteiger partial charge in [0.25, 0.3) is 0 Å². The molecule has 0 aliphatic heterocycles. The summed E-state index contributed by atoms with van der Waals surface area (Å²) in [6.45, 7) is 1.72. The fourth-order valence-electron chi connectivity index (χ4n) is 0.858. The van der Waals surface area contributed by atoms with Gasteiger partial charge < -0.3 is 17.4 Å². The Labute approximate surface area is 77.5 Å². The summed E-state index contributed by atoms with van der Waals surface area (Å²) < 4.78 is 0. The van der Waals surface area contributed by atoms with Gasteiger partial charge in [-0.3, -0.25) is 0 Å². The second kappa shape index (κ2) is 4.02. The normalized spacial score (nSPS) is 11.2. The van der Waals surface area contributed by atoms with E-state index in [1.54, 1.807) is 13.0 Å². The van der Waals surface area contributed by atoms with Crippen molar-refractivity contribution < 1.29 is 4.79 Å². The van der Waals surface area contributed by atoms with Gasteiger partial charge in [-0.05, 0) is 18.1 Å². The molecule has 0 N–H and O–H groups in total. The molecule has 0 fully saturated rings. The van der Waals surface area contributed by atoms with Crippen molar-refractivity contribution in [1.29, 1.82) is 0 Å². The predicted octanol–water partition coefficient (Wildman–Crippen LogP) is 2.16. The molecule has 0 radical (unpaired) electrons. The van der Waals surface area contributed by atoms with Crippen LogP contribution in [0.2, 0.25) is 0 Å². The molecule has 1 aromatic carbocycles. The van der Waals surface area contributed by atoms with Crippen LogP contribution >= 0.6 is 0 Å². The van der Waals surface area contributed by atoms with E-state index in [4.69, 9.17) is 0 Å². The molecular weight excluding hydrogens is 168 g/mol. The standard InChI is InChI=1S/C10H10OS/c1-8(10(11)12)7-9-5-3-2-4-6-9/h2-7H,1H3,(H,11,12)/p-1/b8-7+. The maximum absolute atomic E-state index is 10.7. The summed E-state index contributed by atoms with van der Waals surface area (Å²) in [7, 11) is 0. The molecule has 0 spiro atoms. The highest BCUT2D eigenvalue weighted by molar-refractivity contribution is 7.77. The maximum atomic E-state index is 10.7. The highest BCUT2D eigenvalue weighted by Crippen LogP contribution is 2.05. The van der Waals surface area contributed by atoms with E-state index >= 15 is 0 Å². The van der Waals surface area contributed by atoms with Gasteiger partial charge in [0.1, 0.15) is 0 Å². The maximum Gasteiger partial charge on any atom is 0.0378 e. The van der Waals surface area contributed by atoms with Crippen molar-refractivity contribution in [1.82, 2.24) is 0 Å². The zero-order valence-corrected chi connectivity index (χ0v) is 7.60. The molecule has 0 saturated carbocycles. The van der Waals surface area contributed by atoms with Crippen LogP contribution < -0.4 is 0 Å². The minimum absolute atomic E-state index is 0.293. The van der Waals surface area contributed by atoms with Crippen molar-refractivity contribution in [3.8, 4) is 0 Å². The van der Waals surface area contributed by atoms with Crippen LogP contribution in [0.15, 0.2) is 35.9 Å². The summed E-state index contributed by atoms with van der Waals surface area (Å²) in [5, 5.41) is -0.293. The molecule has 2 heteroatoms. The van der Waals surface area contributed by atoms with Crippen LogP contribution in [0.1, 0.15) is 12.5 Å². The summed E-state index contributed by atoms with van der Waals surface area (Å²) >= 11 is 4.49. The number of hydrogen-bond acceptors (Lipinski definition) is 2. The number of carbonyl (C=O) groups is 1. The van der Waals surface area contributed by atoms with E-state index in [1.807, 2.05) is 30.3 Å². The van der Waals surface area contributed by atoms with Crippen LogP contribution in [-0.4, -0.2) is 5.12 Å². The van der Waals surface area contributed by atoms with Crippen molar-refractivity contribution in [2.75, 3.05) is 0 Å². The Morgan fingerprint density at radius 2 is 1.92 bits per heavy atom. The van der Waals surface area contributed by atoms with Gasteiger partial charge in [0, 0.05) is 5.12 Å². The zero-order valence-electron chi connectivity index (χ0n) is 6.78. The molecule has 0 unspecified atom stereocenters. The lowest BCUT2D eigenvalue weighted by atomic mass is 10.1. The summed E-state index contributed by atoms with van der Waals surface area (Å²) in [5.41, 5.74) is 1.62. The van der Waals surface area contributed by atoms with E-state index in [0.717, 1.165) is 5.56 Å². The van der Waals surface area contributed by atoms with Crippen LogP contribution in [-0.2, 0) is 17.4 Å². The van der Waals surface area contributed by atoms with Gasteiger partial charge in [-0.2, -0.15) is 0 Å².